The van der Waals surface area contributed by atoms with Crippen molar-refractivity contribution < 1.29 is 4.79 Å². The minimum absolute atomic E-state index is 0.0789. The third kappa shape index (κ3) is 3.46. The van der Waals surface area contributed by atoms with Gasteiger partial charge in [0.1, 0.15) is 0 Å². The number of benzene rings is 1. The minimum Gasteiger partial charge on any atom is -0.273 e. The van der Waals surface area contributed by atoms with Crippen molar-refractivity contribution in [2.45, 2.75) is 38.5 Å². The van der Waals surface area contributed by atoms with Gasteiger partial charge in [0.05, 0.1) is 6.21 Å². The van der Waals surface area contributed by atoms with Gasteiger partial charge in [-0.15, -0.1) is 0 Å². The van der Waals surface area contributed by atoms with Gasteiger partial charge in [0, 0.05) is 16.5 Å². The number of hydrogen-bond donors (Lipinski definition) is 1. The van der Waals surface area contributed by atoms with Crippen LogP contribution in [0, 0.1) is 17.8 Å². The van der Waals surface area contributed by atoms with Gasteiger partial charge in [-0.2, -0.15) is 5.10 Å². The Hall–Kier alpha value is -1.35. The fourth-order valence-corrected chi connectivity index (χ4v) is 3.74. The van der Waals surface area contributed by atoms with Crippen LogP contribution in [0.25, 0.3) is 0 Å². The maximum absolute atomic E-state index is 12.2. The van der Waals surface area contributed by atoms with E-state index in [1.54, 1.807) is 6.21 Å². The normalized spacial score (nSPS) is 28.5. The molecule has 21 heavy (non-hydrogen) atoms. The van der Waals surface area contributed by atoms with Crippen LogP contribution >= 0.6 is 11.6 Å². The van der Waals surface area contributed by atoms with E-state index in [1.165, 1.54) is 38.5 Å². The predicted molar refractivity (Wildman–Crippen MR) is 85.4 cm³/mol. The van der Waals surface area contributed by atoms with Crippen LogP contribution < -0.4 is 5.43 Å². The zero-order chi connectivity index (χ0) is 14.7. The summed E-state index contributed by atoms with van der Waals surface area (Å²) in [6.07, 6.45) is 9.21. The standard InChI is InChI=1S/C17H21ClN2O/c18-15-10-6-5-7-12(15)11-19-20-17(21)16-13-8-3-1-2-4-9-14(13)16/h5-7,10-11,13-14,16H,1-4,8-9H2,(H,20,21)/t13-,14-/m0/s1. The fourth-order valence-electron chi connectivity index (χ4n) is 3.55. The number of fused-ring (bicyclic) bond motifs is 1. The molecule has 0 heterocycles. The molecule has 2 aliphatic carbocycles. The van der Waals surface area contributed by atoms with E-state index in [0.29, 0.717) is 16.9 Å². The lowest BCUT2D eigenvalue weighted by molar-refractivity contribution is -0.122. The van der Waals surface area contributed by atoms with Gasteiger partial charge in [-0.05, 0) is 30.7 Å². The maximum atomic E-state index is 12.2. The summed E-state index contributed by atoms with van der Waals surface area (Å²) in [6, 6.07) is 7.47. The van der Waals surface area contributed by atoms with Gasteiger partial charge in [0.15, 0.2) is 0 Å². The predicted octanol–water partition coefficient (Wildman–Crippen LogP) is 4.01. The molecular formula is C17H21ClN2O. The number of carbonyl (C=O) groups excluding carboxylic acids is 1. The molecule has 2 atom stereocenters. The molecule has 1 amide bonds. The molecule has 4 heteroatoms. The average Bonchev–Trinajstić information content (AvgIpc) is 3.12. The third-order valence-electron chi connectivity index (χ3n) is 4.74. The number of hydrogen-bond acceptors (Lipinski definition) is 2. The van der Waals surface area contributed by atoms with E-state index >= 15 is 0 Å². The van der Waals surface area contributed by atoms with E-state index in [-0.39, 0.29) is 11.8 Å². The van der Waals surface area contributed by atoms with E-state index in [2.05, 4.69) is 10.5 Å². The van der Waals surface area contributed by atoms with Crippen LogP contribution in [0.15, 0.2) is 29.4 Å². The number of nitrogens with zero attached hydrogens (tertiary/aromatic N) is 1. The molecule has 2 fully saturated rings. The first-order valence-corrected chi connectivity index (χ1v) is 8.22. The first-order chi connectivity index (χ1) is 10.3. The van der Waals surface area contributed by atoms with Gasteiger partial charge in [-0.25, -0.2) is 5.43 Å². The van der Waals surface area contributed by atoms with Crippen LogP contribution in [0.2, 0.25) is 5.02 Å². The number of carbonyl (C=O) groups is 1. The summed E-state index contributed by atoms with van der Waals surface area (Å²) in [7, 11) is 0. The van der Waals surface area contributed by atoms with Gasteiger partial charge in [0.25, 0.3) is 0 Å². The van der Waals surface area contributed by atoms with Crippen LogP contribution in [0.3, 0.4) is 0 Å². The molecule has 3 nitrogen and oxygen atoms in total. The number of rotatable bonds is 3. The molecule has 2 aliphatic rings. The van der Waals surface area contributed by atoms with Crippen molar-refractivity contribution in [1.29, 1.82) is 0 Å². The minimum atomic E-state index is 0.0789. The first-order valence-electron chi connectivity index (χ1n) is 7.85. The number of amides is 1. The highest BCUT2D eigenvalue weighted by molar-refractivity contribution is 6.33. The Bertz CT molecular complexity index is 529. The second-order valence-corrected chi connectivity index (χ2v) is 6.51. The van der Waals surface area contributed by atoms with E-state index in [9.17, 15) is 4.79 Å². The summed E-state index contributed by atoms with van der Waals surface area (Å²) >= 11 is 6.05. The van der Waals surface area contributed by atoms with Crippen molar-refractivity contribution in [2.24, 2.45) is 22.9 Å². The SMILES string of the molecule is O=C(NN=Cc1ccccc1Cl)C1[C@H]2CCCCCC[C@H]12. The molecule has 1 aromatic carbocycles. The summed E-state index contributed by atoms with van der Waals surface area (Å²) in [5, 5.41) is 4.70. The molecule has 0 aromatic heterocycles. The van der Waals surface area contributed by atoms with Crippen molar-refractivity contribution in [2.75, 3.05) is 0 Å². The molecule has 1 N–H and O–H groups in total. The number of hydrazone groups is 1. The molecule has 0 aliphatic heterocycles. The highest BCUT2D eigenvalue weighted by Crippen LogP contribution is 2.53. The molecule has 0 unspecified atom stereocenters. The van der Waals surface area contributed by atoms with E-state index < -0.39 is 0 Å². The van der Waals surface area contributed by atoms with Crippen molar-refractivity contribution in [3.05, 3.63) is 34.9 Å². The van der Waals surface area contributed by atoms with E-state index in [4.69, 9.17) is 11.6 Å². The smallest absolute Gasteiger partial charge is 0.243 e. The molecule has 3 rings (SSSR count). The second-order valence-electron chi connectivity index (χ2n) is 6.10. The molecule has 1 aromatic rings. The van der Waals surface area contributed by atoms with E-state index in [1.807, 2.05) is 24.3 Å². The molecule has 112 valence electrons. The van der Waals surface area contributed by atoms with Crippen molar-refractivity contribution >= 4 is 23.7 Å². The summed E-state index contributed by atoms with van der Waals surface area (Å²) in [6.45, 7) is 0. The largest absolute Gasteiger partial charge is 0.273 e. The Labute approximate surface area is 130 Å². The van der Waals surface area contributed by atoms with Gasteiger partial charge < -0.3 is 0 Å². The molecular weight excluding hydrogens is 284 g/mol. The van der Waals surface area contributed by atoms with Gasteiger partial charge in [-0.1, -0.05) is 55.5 Å². The van der Waals surface area contributed by atoms with Crippen LogP contribution in [0.1, 0.15) is 44.1 Å². The lowest BCUT2D eigenvalue weighted by Gasteiger charge is -2.04. The van der Waals surface area contributed by atoms with E-state index in [0.717, 1.165) is 5.56 Å². The third-order valence-corrected chi connectivity index (χ3v) is 5.09. The van der Waals surface area contributed by atoms with Crippen LogP contribution in [0.4, 0.5) is 0 Å². The quantitative estimate of drug-likeness (QED) is 0.665. The van der Waals surface area contributed by atoms with Crippen LogP contribution in [-0.2, 0) is 4.79 Å². The molecule has 0 saturated heterocycles. The Balaban J connectivity index is 1.54. The Kier molecular flexibility index (Phi) is 4.59. The molecule has 0 radical (unpaired) electrons. The van der Waals surface area contributed by atoms with Crippen LogP contribution in [-0.4, -0.2) is 12.1 Å². The van der Waals surface area contributed by atoms with Gasteiger partial charge in [0.2, 0.25) is 5.91 Å². The fraction of sp³-hybridized carbons (Fsp3) is 0.529. The summed E-state index contributed by atoms with van der Waals surface area (Å²) < 4.78 is 0. The summed E-state index contributed by atoms with van der Waals surface area (Å²) in [5.74, 6) is 1.46. The topological polar surface area (TPSA) is 41.5 Å². The van der Waals surface area contributed by atoms with Crippen LogP contribution in [0.5, 0.6) is 0 Å². The summed E-state index contributed by atoms with van der Waals surface area (Å²) in [4.78, 5) is 12.2. The number of halogens is 1. The van der Waals surface area contributed by atoms with Gasteiger partial charge in [-0.3, -0.25) is 4.79 Å². The lowest BCUT2D eigenvalue weighted by Crippen LogP contribution is -2.21. The highest BCUT2D eigenvalue weighted by Gasteiger charge is 2.53. The Morgan fingerprint density at radius 2 is 1.81 bits per heavy atom. The van der Waals surface area contributed by atoms with Crippen molar-refractivity contribution in [3.8, 4) is 0 Å². The van der Waals surface area contributed by atoms with Crippen molar-refractivity contribution in [1.82, 2.24) is 5.43 Å². The Morgan fingerprint density at radius 3 is 2.48 bits per heavy atom. The highest BCUT2D eigenvalue weighted by atomic mass is 35.5. The van der Waals surface area contributed by atoms with Gasteiger partial charge >= 0.3 is 0 Å². The Morgan fingerprint density at radius 1 is 1.14 bits per heavy atom. The first kappa shape index (κ1) is 14.6. The molecule has 0 spiro atoms. The zero-order valence-electron chi connectivity index (χ0n) is 12.1. The molecule has 0 bridgehead atoms. The summed E-state index contributed by atoms with van der Waals surface area (Å²) in [5.41, 5.74) is 3.51. The molecule has 2 saturated carbocycles. The lowest BCUT2D eigenvalue weighted by atomic mass is 10.0. The average molecular weight is 305 g/mol. The second kappa shape index (κ2) is 6.61. The number of nitrogens with one attached hydrogen (secondary N) is 1. The van der Waals surface area contributed by atoms with Crippen molar-refractivity contribution in [3.63, 3.8) is 0 Å². The monoisotopic (exact) mass is 304 g/mol. The zero-order valence-corrected chi connectivity index (χ0v) is 12.9. The maximum Gasteiger partial charge on any atom is 0.243 e.